The lowest BCUT2D eigenvalue weighted by atomic mass is 10.0. The van der Waals surface area contributed by atoms with Crippen molar-refractivity contribution in [3.05, 3.63) is 29.3 Å². The van der Waals surface area contributed by atoms with Crippen molar-refractivity contribution < 1.29 is 23.9 Å². The molecule has 1 aliphatic heterocycles. The lowest BCUT2D eigenvalue weighted by molar-refractivity contribution is -0.125. The minimum absolute atomic E-state index is 0.155. The van der Waals surface area contributed by atoms with Gasteiger partial charge in [-0.2, -0.15) is 0 Å². The Morgan fingerprint density at radius 1 is 1.17 bits per heavy atom. The van der Waals surface area contributed by atoms with Crippen molar-refractivity contribution in [2.45, 2.75) is 38.1 Å². The second-order valence-electron chi connectivity index (χ2n) is 8.90. The number of nitrogens with zero attached hydrogens (tertiary/aromatic N) is 2. The maximum Gasteiger partial charge on any atom is 0.255 e. The monoisotopic (exact) mass is 503 g/mol. The second kappa shape index (κ2) is 16.8. The summed E-state index contributed by atoms with van der Waals surface area (Å²) in [4.78, 5) is 51.4. The molecule has 2 rings (SSSR count). The summed E-state index contributed by atoms with van der Waals surface area (Å²) in [5, 5.41) is 9.16. The van der Waals surface area contributed by atoms with Crippen LogP contribution in [0.3, 0.4) is 0 Å². The first-order valence-corrected chi connectivity index (χ1v) is 12.8. The highest BCUT2D eigenvalue weighted by molar-refractivity contribution is 6.03. The van der Waals surface area contributed by atoms with Crippen molar-refractivity contribution in [2.75, 3.05) is 71.9 Å². The van der Waals surface area contributed by atoms with Gasteiger partial charge in [-0.3, -0.25) is 19.3 Å². The Morgan fingerprint density at radius 2 is 1.94 bits per heavy atom. The number of ether oxygens (including phenoxy) is 1. The summed E-state index contributed by atoms with van der Waals surface area (Å²) in [6.07, 6.45) is 4.72. The van der Waals surface area contributed by atoms with Crippen molar-refractivity contribution in [3.63, 3.8) is 0 Å². The molecule has 0 aliphatic carbocycles. The third-order valence-electron chi connectivity index (χ3n) is 6.36. The number of aldehydes is 2. The molecular formula is C26H41N5O5. The molecule has 200 valence electrons. The van der Waals surface area contributed by atoms with Gasteiger partial charge in [-0.05, 0) is 43.9 Å². The third-order valence-corrected chi connectivity index (χ3v) is 6.36. The molecule has 1 fully saturated rings. The molecule has 10 heteroatoms. The van der Waals surface area contributed by atoms with E-state index in [4.69, 9.17) is 4.74 Å². The van der Waals surface area contributed by atoms with E-state index in [9.17, 15) is 19.2 Å². The van der Waals surface area contributed by atoms with Crippen LogP contribution in [0.1, 0.15) is 52.8 Å². The average molecular weight is 504 g/mol. The summed E-state index contributed by atoms with van der Waals surface area (Å²) in [5.74, 6) is -0.802. The zero-order valence-corrected chi connectivity index (χ0v) is 21.6. The Kier molecular flexibility index (Phi) is 13.7. The van der Waals surface area contributed by atoms with Crippen molar-refractivity contribution in [2.24, 2.45) is 0 Å². The summed E-state index contributed by atoms with van der Waals surface area (Å²) in [6.45, 7) is 7.55. The molecule has 1 unspecified atom stereocenters. The molecule has 1 aromatic carbocycles. The highest BCUT2D eigenvalue weighted by Crippen LogP contribution is 2.18. The normalized spacial score (nSPS) is 14.6. The third kappa shape index (κ3) is 9.67. The maximum atomic E-state index is 13.0. The topological polar surface area (TPSA) is 120 Å². The molecule has 1 aliphatic rings. The SMILES string of the molecule is CNC(=O)C(CCC=O)N(C)C(=O)c1ccc(NCCCCCOCCN2CCNCC2)cc1C=O. The van der Waals surface area contributed by atoms with E-state index in [1.807, 2.05) is 0 Å². The van der Waals surface area contributed by atoms with Gasteiger partial charge < -0.3 is 30.4 Å². The van der Waals surface area contributed by atoms with E-state index >= 15 is 0 Å². The fourth-order valence-corrected chi connectivity index (χ4v) is 4.16. The number of benzene rings is 1. The van der Waals surface area contributed by atoms with Crippen LogP contribution in [0.5, 0.6) is 0 Å². The highest BCUT2D eigenvalue weighted by atomic mass is 16.5. The molecule has 10 nitrogen and oxygen atoms in total. The molecule has 1 heterocycles. The minimum Gasteiger partial charge on any atom is -0.385 e. The molecule has 0 radical (unpaired) electrons. The minimum atomic E-state index is -0.795. The smallest absolute Gasteiger partial charge is 0.255 e. The Bertz CT molecular complexity index is 844. The van der Waals surface area contributed by atoms with Gasteiger partial charge in [-0.1, -0.05) is 0 Å². The summed E-state index contributed by atoms with van der Waals surface area (Å²) in [5.41, 5.74) is 1.23. The van der Waals surface area contributed by atoms with Crippen molar-refractivity contribution >= 4 is 30.1 Å². The molecule has 1 saturated heterocycles. The first kappa shape index (κ1) is 29.4. The van der Waals surface area contributed by atoms with E-state index in [1.165, 1.54) is 19.0 Å². The number of hydrogen-bond acceptors (Lipinski definition) is 8. The summed E-state index contributed by atoms with van der Waals surface area (Å²) in [7, 11) is 2.98. The number of hydrogen-bond donors (Lipinski definition) is 3. The van der Waals surface area contributed by atoms with Gasteiger partial charge in [0.15, 0.2) is 6.29 Å². The van der Waals surface area contributed by atoms with Gasteiger partial charge in [0, 0.05) is 77.6 Å². The van der Waals surface area contributed by atoms with Crippen LogP contribution in [0.2, 0.25) is 0 Å². The average Bonchev–Trinajstić information content (AvgIpc) is 2.91. The van der Waals surface area contributed by atoms with Crippen molar-refractivity contribution in [1.29, 1.82) is 0 Å². The molecule has 1 aromatic rings. The first-order chi connectivity index (χ1) is 17.5. The van der Waals surface area contributed by atoms with Gasteiger partial charge in [-0.25, -0.2) is 0 Å². The Labute approximate surface area is 214 Å². The number of carbonyl (C=O) groups excluding carboxylic acids is 4. The molecule has 36 heavy (non-hydrogen) atoms. The van der Waals surface area contributed by atoms with Gasteiger partial charge in [0.25, 0.3) is 5.91 Å². The second-order valence-corrected chi connectivity index (χ2v) is 8.90. The van der Waals surface area contributed by atoms with Crippen LogP contribution in [-0.2, 0) is 14.3 Å². The van der Waals surface area contributed by atoms with E-state index in [0.29, 0.717) is 12.6 Å². The zero-order valence-electron chi connectivity index (χ0n) is 21.6. The number of rotatable bonds is 17. The van der Waals surface area contributed by atoms with Crippen LogP contribution >= 0.6 is 0 Å². The molecule has 0 aromatic heterocycles. The number of carbonyl (C=O) groups is 4. The van der Waals surface area contributed by atoms with Crippen molar-refractivity contribution in [3.8, 4) is 0 Å². The van der Waals surface area contributed by atoms with E-state index in [1.54, 1.807) is 18.2 Å². The predicted octanol–water partition coefficient (Wildman–Crippen LogP) is 1.17. The molecule has 1 atom stereocenters. The highest BCUT2D eigenvalue weighted by Gasteiger charge is 2.27. The standard InChI is InChI=1S/C26H41N5O5/c1-27-25(34)24(7-6-16-32)30(2)26(35)23-9-8-22(19-21(23)20-33)29-10-4-3-5-17-36-18-15-31-13-11-28-12-14-31/h8-9,16,19-20,24,28-29H,3-7,10-15,17-18H2,1-2H3,(H,27,34). The Balaban J connectivity index is 1.75. The van der Waals surface area contributed by atoms with E-state index in [0.717, 1.165) is 77.4 Å². The van der Waals surface area contributed by atoms with Gasteiger partial charge in [0.1, 0.15) is 12.3 Å². The number of unbranched alkanes of at least 4 members (excludes halogenated alkanes) is 2. The van der Waals surface area contributed by atoms with Crippen LogP contribution in [0.4, 0.5) is 5.69 Å². The summed E-state index contributed by atoms with van der Waals surface area (Å²) >= 11 is 0. The predicted molar refractivity (Wildman–Crippen MR) is 140 cm³/mol. The van der Waals surface area contributed by atoms with Crippen LogP contribution in [-0.4, -0.2) is 107 Å². The van der Waals surface area contributed by atoms with Crippen LogP contribution in [0, 0.1) is 0 Å². The van der Waals surface area contributed by atoms with E-state index in [-0.39, 0.29) is 29.9 Å². The van der Waals surface area contributed by atoms with E-state index in [2.05, 4.69) is 20.9 Å². The summed E-state index contributed by atoms with van der Waals surface area (Å²) in [6, 6.07) is 4.20. The number of likely N-dealkylation sites (N-methyl/N-ethyl adjacent to an activating group) is 2. The largest absolute Gasteiger partial charge is 0.385 e. The van der Waals surface area contributed by atoms with Gasteiger partial charge in [-0.15, -0.1) is 0 Å². The Morgan fingerprint density at radius 3 is 2.64 bits per heavy atom. The molecular weight excluding hydrogens is 462 g/mol. The molecule has 0 spiro atoms. The number of nitrogens with one attached hydrogen (secondary N) is 3. The number of piperazine rings is 1. The van der Waals surface area contributed by atoms with Crippen LogP contribution in [0.25, 0.3) is 0 Å². The number of anilines is 1. The number of amides is 2. The molecule has 3 N–H and O–H groups in total. The summed E-state index contributed by atoms with van der Waals surface area (Å²) < 4.78 is 5.75. The lowest BCUT2D eigenvalue weighted by Crippen LogP contribution is -2.47. The molecule has 0 bridgehead atoms. The quantitative estimate of drug-likeness (QED) is 0.214. The van der Waals surface area contributed by atoms with Crippen LogP contribution in [0.15, 0.2) is 18.2 Å². The first-order valence-electron chi connectivity index (χ1n) is 12.8. The Hall–Kier alpha value is -2.82. The van der Waals surface area contributed by atoms with Gasteiger partial charge in [0.05, 0.1) is 12.2 Å². The van der Waals surface area contributed by atoms with Gasteiger partial charge >= 0.3 is 0 Å². The fourth-order valence-electron chi connectivity index (χ4n) is 4.16. The molecule has 0 saturated carbocycles. The molecule has 2 amide bonds. The lowest BCUT2D eigenvalue weighted by Gasteiger charge is -2.27. The van der Waals surface area contributed by atoms with Crippen LogP contribution < -0.4 is 16.0 Å². The van der Waals surface area contributed by atoms with Crippen molar-refractivity contribution in [1.82, 2.24) is 20.4 Å². The maximum absolute atomic E-state index is 13.0. The van der Waals surface area contributed by atoms with Gasteiger partial charge in [0.2, 0.25) is 5.91 Å². The fraction of sp³-hybridized carbons (Fsp3) is 0.615. The zero-order chi connectivity index (χ0) is 26.2. The van der Waals surface area contributed by atoms with E-state index < -0.39 is 11.9 Å².